The van der Waals surface area contributed by atoms with Crippen molar-refractivity contribution in [1.82, 2.24) is 10.2 Å². The molecule has 4 nitrogen and oxygen atoms in total. The number of carbonyl (C=O) groups excluding carboxylic acids is 2. The smallest absolute Gasteiger partial charge is 0.251 e. The van der Waals surface area contributed by atoms with Crippen LogP contribution in [0.4, 0.5) is 0 Å². The van der Waals surface area contributed by atoms with E-state index in [1.165, 1.54) is 18.4 Å². The quantitative estimate of drug-likeness (QED) is 0.834. The van der Waals surface area contributed by atoms with Crippen LogP contribution in [0.2, 0.25) is 0 Å². The summed E-state index contributed by atoms with van der Waals surface area (Å²) in [6, 6.07) is 9.29. The van der Waals surface area contributed by atoms with Gasteiger partial charge >= 0.3 is 0 Å². The van der Waals surface area contributed by atoms with Gasteiger partial charge in [0.2, 0.25) is 5.91 Å². The van der Waals surface area contributed by atoms with E-state index in [-0.39, 0.29) is 11.8 Å². The zero-order valence-electron chi connectivity index (χ0n) is 14.9. The van der Waals surface area contributed by atoms with E-state index < -0.39 is 0 Å². The molecule has 2 aliphatic rings. The third kappa shape index (κ3) is 5.18. The summed E-state index contributed by atoms with van der Waals surface area (Å²) in [4.78, 5) is 26.7. The minimum atomic E-state index is -0.0311. The first-order valence-electron chi connectivity index (χ1n) is 9.51. The zero-order chi connectivity index (χ0) is 17.5. The Hall–Kier alpha value is -2.10. The van der Waals surface area contributed by atoms with E-state index >= 15 is 0 Å². The Morgan fingerprint density at radius 3 is 2.72 bits per heavy atom. The molecule has 1 fully saturated rings. The van der Waals surface area contributed by atoms with Gasteiger partial charge in [0.25, 0.3) is 5.91 Å². The minimum absolute atomic E-state index is 0.0311. The number of nitrogens with one attached hydrogen (secondary N) is 1. The Morgan fingerprint density at radius 2 is 1.96 bits per heavy atom. The molecule has 1 atom stereocenters. The molecule has 3 rings (SSSR count). The molecular formula is C21H28N2O2. The number of hydrogen-bond acceptors (Lipinski definition) is 2. The van der Waals surface area contributed by atoms with Crippen LogP contribution < -0.4 is 5.32 Å². The average Bonchev–Trinajstić information content (AvgIpc) is 2.68. The maximum Gasteiger partial charge on any atom is 0.251 e. The third-order valence-corrected chi connectivity index (χ3v) is 5.22. The van der Waals surface area contributed by atoms with Crippen molar-refractivity contribution in [1.29, 1.82) is 0 Å². The van der Waals surface area contributed by atoms with Crippen molar-refractivity contribution in [2.75, 3.05) is 19.6 Å². The van der Waals surface area contributed by atoms with Crippen LogP contribution >= 0.6 is 0 Å². The first-order valence-corrected chi connectivity index (χ1v) is 9.51. The normalized spacial score (nSPS) is 20.7. The first-order chi connectivity index (χ1) is 12.2. The Kier molecular flexibility index (Phi) is 6.26. The van der Waals surface area contributed by atoms with E-state index in [2.05, 4.69) is 11.4 Å². The largest absolute Gasteiger partial charge is 0.352 e. The van der Waals surface area contributed by atoms with Crippen molar-refractivity contribution in [2.24, 2.45) is 5.92 Å². The molecule has 0 unspecified atom stereocenters. The van der Waals surface area contributed by atoms with E-state index in [1.807, 2.05) is 35.2 Å². The monoisotopic (exact) mass is 340 g/mol. The number of likely N-dealkylation sites (tertiary alicyclic amines) is 1. The van der Waals surface area contributed by atoms with E-state index in [1.54, 1.807) is 0 Å². The number of nitrogens with zero attached hydrogens (tertiary/aromatic N) is 1. The van der Waals surface area contributed by atoms with E-state index in [9.17, 15) is 9.59 Å². The molecule has 1 saturated heterocycles. The highest BCUT2D eigenvalue weighted by Crippen LogP contribution is 2.23. The second kappa shape index (κ2) is 8.84. The summed E-state index contributed by atoms with van der Waals surface area (Å²) in [6.45, 7) is 2.26. The molecule has 0 aromatic heterocycles. The molecule has 4 heteroatoms. The third-order valence-electron chi connectivity index (χ3n) is 5.22. The topological polar surface area (TPSA) is 49.4 Å². The molecule has 1 heterocycles. The van der Waals surface area contributed by atoms with Crippen LogP contribution in [0.25, 0.3) is 0 Å². The highest BCUT2D eigenvalue weighted by molar-refractivity contribution is 5.94. The Balaban J connectivity index is 1.46. The van der Waals surface area contributed by atoms with Crippen molar-refractivity contribution in [2.45, 2.75) is 44.9 Å². The summed E-state index contributed by atoms with van der Waals surface area (Å²) in [6.07, 6.45) is 9.61. The van der Waals surface area contributed by atoms with Crippen LogP contribution in [0, 0.1) is 5.92 Å². The fourth-order valence-electron chi connectivity index (χ4n) is 3.76. The molecule has 134 valence electrons. The van der Waals surface area contributed by atoms with Crippen molar-refractivity contribution in [3.63, 3.8) is 0 Å². The second-order valence-electron chi connectivity index (χ2n) is 7.21. The summed E-state index contributed by atoms with van der Waals surface area (Å²) >= 11 is 0. The molecule has 1 aromatic rings. The molecule has 0 spiro atoms. The summed E-state index contributed by atoms with van der Waals surface area (Å²) in [5, 5.41) is 3.02. The van der Waals surface area contributed by atoms with Gasteiger partial charge in [-0.15, -0.1) is 0 Å². The summed E-state index contributed by atoms with van der Waals surface area (Å²) in [7, 11) is 0. The van der Waals surface area contributed by atoms with E-state index in [0.717, 1.165) is 38.8 Å². The predicted octanol–water partition coefficient (Wildman–Crippen LogP) is 3.55. The lowest BCUT2D eigenvalue weighted by atomic mass is 9.94. The van der Waals surface area contributed by atoms with E-state index in [4.69, 9.17) is 0 Å². The van der Waals surface area contributed by atoms with Crippen LogP contribution in [0.5, 0.6) is 0 Å². The Labute approximate surface area is 150 Å². The summed E-state index contributed by atoms with van der Waals surface area (Å²) < 4.78 is 0. The second-order valence-corrected chi connectivity index (χ2v) is 7.21. The maximum absolute atomic E-state index is 12.6. The van der Waals surface area contributed by atoms with Gasteiger partial charge in [0, 0.05) is 31.6 Å². The molecule has 0 bridgehead atoms. The lowest BCUT2D eigenvalue weighted by Gasteiger charge is -2.33. The standard InChI is InChI=1S/C21H28N2O2/c24-20(14-17-8-3-1-4-9-17)23-13-7-10-18(16-23)15-22-21(25)19-11-5-2-6-12-19/h2,5-6,8,11-12,18H,1,3-4,7,9-10,13-16H2,(H,22,25)/t18-/m0/s1. The lowest BCUT2D eigenvalue weighted by molar-refractivity contribution is -0.132. The maximum atomic E-state index is 12.6. The van der Waals surface area contributed by atoms with Gasteiger partial charge in [0.05, 0.1) is 0 Å². The summed E-state index contributed by atoms with van der Waals surface area (Å²) in [5.41, 5.74) is 2.01. The highest BCUT2D eigenvalue weighted by atomic mass is 16.2. The highest BCUT2D eigenvalue weighted by Gasteiger charge is 2.24. The van der Waals surface area contributed by atoms with Gasteiger partial charge in [-0.1, -0.05) is 29.8 Å². The van der Waals surface area contributed by atoms with Gasteiger partial charge in [-0.3, -0.25) is 9.59 Å². The van der Waals surface area contributed by atoms with Gasteiger partial charge < -0.3 is 10.2 Å². The van der Waals surface area contributed by atoms with Gasteiger partial charge in [-0.2, -0.15) is 0 Å². The van der Waals surface area contributed by atoms with Crippen molar-refractivity contribution in [3.8, 4) is 0 Å². The summed E-state index contributed by atoms with van der Waals surface area (Å²) in [5.74, 6) is 0.578. The first kappa shape index (κ1) is 17.7. The molecule has 0 saturated carbocycles. The number of amides is 2. The van der Waals surface area contributed by atoms with Crippen LogP contribution in [-0.4, -0.2) is 36.3 Å². The van der Waals surface area contributed by atoms with Crippen LogP contribution in [-0.2, 0) is 4.79 Å². The number of carbonyl (C=O) groups is 2. The van der Waals surface area contributed by atoms with Gasteiger partial charge in [-0.05, 0) is 56.6 Å². The Bertz CT molecular complexity index is 624. The molecule has 25 heavy (non-hydrogen) atoms. The fraction of sp³-hybridized carbons (Fsp3) is 0.524. The van der Waals surface area contributed by atoms with Crippen LogP contribution in [0.15, 0.2) is 42.0 Å². The lowest BCUT2D eigenvalue weighted by Crippen LogP contribution is -2.43. The van der Waals surface area contributed by atoms with Crippen molar-refractivity contribution in [3.05, 3.63) is 47.5 Å². The zero-order valence-corrected chi connectivity index (χ0v) is 14.9. The van der Waals surface area contributed by atoms with E-state index in [0.29, 0.717) is 24.4 Å². The SMILES string of the molecule is O=C(NC[C@@H]1CCCN(C(=O)CC2=CCCCC2)C1)c1ccccc1. The predicted molar refractivity (Wildman–Crippen MR) is 99.2 cm³/mol. The number of rotatable bonds is 5. The molecule has 1 aromatic carbocycles. The average molecular weight is 340 g/mol. The van der Waals surface area contributed by atoms with Crippen molar-refractivity contribution < 1.29 is 9.59 Å². The minimum Gasteiger partial charge on any atom is -0.352 e. The molecule has 1 N–H and O–H groups in total. The molecule has 0 radical (unpaired) electrons. The Morgan fingerprint density at radius 1 is 1.12 bits per heavy atom. The number of hydrogen-bond donors (Lipinski definition) is 1. The van der Waals surface area contributed by atoms with Crippen LogP contribution in [0.3, 0.4) is 0 Å². The molecular weight excluding hydrogens is 312 g/mol. The van der Waals surface area contributed by atoms with Gasteiger partial charge in [0.1, 0.15) is 0 Å². The fourth-order valence-corrected chi connectivity index (χ4v) is 3.76. The van der Waals surface area contributed by atoms with Gasteiger partial charge in [-0.25, -0.2) is 0 Å². The van der Waals surface area contributed by atoms with Gasteiger partial charge in [0.15, 0.2) is 0 Å². The number of benzene rings is 1. The van der Waals surface area contributed by atoms with Crippen molar-refractivity contribution >= 4 is 11.8 Å². The van der Waals surface area contributed by atoms with Crippen LogP contribution in [0.1, 0.15) is 55.3 Å². The molecule has 2 amide bonds. The molecule has 1 aliphatic carbocycles. The molecule has 1 aliphatic heterocycles. The number of piperidine rings is 1. The number of allylic oxidation sites excluding steroid dienone is 1.